The maximum absolute atomic E-state index is 8.87. The third-order valence-corrected chi connectivity index (χ3v) is 3.12. The Morgan fingerprint density at radius 1 is 1.44 bits per heavy atom. The smallest absolute Gasteiger partial charge is 0.318 e. The van der Waals surface area contributed by atoms with E-state index < -0.39 is 0 Å². The molecule has 6 heteroatoms. The highest BCUT2D eigenvalue weighted by Crippen LogP contribution is 2.29. The third-order valence-electron chi connectivity index (χ3n) is 2.89. The highest BCUT2D eigenvalue weighted by molar-refractivity contribution is 6.16. The van der Waals surface area contributed by atoms with Crippen LogP contribution in [0.25, 0.3) is 0 Å². The summed E-state index contributed by atoms with van der Waals surface area (Å²) >= 11 is 5.62. The Kier molecular flexibility index (Phi) is 4.01. The summed E-state index contributed by atoms with van der Waals surface area (Å²) in [5, 5.41) is 16.7. The molecule has 1 aliphatic carbocycles. The van der Waals surface area contributed by atoms with Crippen LogP contribution in [0.4, 0.5) is 6.01 Å². The Morgan fingerprint density at radius 2 is 2.25 bits per heavy atom. The van der Waals surface area contributed by atoms with E-state index in [1.54, 1.807) is 0 Å². The fourth-order valence-electron chi connectivity index (χ4n) is 1.79. The molecule has 0 atom stereocenters. The number of halogens is 1. The van der Waals surface area contributed by atoms with E-state index >= 15 is 0 Å². The van der Waals surface area contributed by atoms with Gasteiger partial charge in [0, 0.05) is 19.2 Å². The van der Waals surface area contributed by atoms with Crippen LogP contribution in [0.2, 0.25) is 0 Å². The normalized spacial score (nSPS) is 16.1. The van der Waals surface area contributed by atoms with Gasteiger partial charge in [-0.25, -0.2) is 0 Å². The summed E-state index contributed by atoms with van der Waals surface area (Å²) in [5.41, 5.74) is 0. The second-order valence-electron chi connectivity index (χ2n) is 3.97. The van der Waals surface area contributed by atoms with Crippen LogP contribution in [0.1, 0.15) is 31.6 Å². The quantitative estimate of drug-likeness (QED) is 0.771. The topological polar surface area (TPSA) is 62.4 Å². The fourth-order valence-corrected chi connectivity index (χ4v) is 1.90. The number of aliphatic hydroxyl groups excluding tert-OH is 1. The van der Waals surface area contributed by atoms with Crippen LogP contribution in [0.5, 0.6) is 0 Å². The molecule has 1 aliphatic rings. The van der Waals surface area contributed by atoms with Gasteiger partial charge in [-0.15, -0.1) is 16.7 Å². The Hall–Kier alpha value is -0.810. The first-order chi connectivity index (χ1) is 7.85. The number of aromatic nitrogens is 2. The number of nitrogens with zero attached hydrogens (tertiary/aromatic N) is 3. The molecule has 0 aliphatic heterocycles. The first kappa shape index (κ1) is 11.7. The minimum Gasteiger partial charge on any atom is -0.407 e. The van der Waals surface area contributed by atoms with Crippen molar-refractivity contribution >= 4 is 17.6 Å². The lowest BCUT2D eigenvalue weighted by molar-refractivity contribution is 0.279. The number of anilines is 1. The van der Waals surface area contributed by atoms with E-state index in [9.17, 15) is 0 Å². The number of aliphatic hydroxyl groups is 1. The van der Waals surface area contributed by atoms with Gasteiger partial charge >= 0.3 is 6.01 Å². The van der Waals surface area contributed by atoms with Gasteiger partial charge in [-0.05, 0) is 25.7 Å². The molecule has 0 aromatic carbocycles. The van der Waals surface area contributed by atoms with E-state index in [2.05, 4.69) is 15.1 Å². The molecule has 0 bridgehead atoms. The zero-order valence-electron chi connectivity index (χ0n) is 9.10. The average molecular weight is 246 g/mol. The summed E-state index contributed by atoms with van der Waals surface area (Å²) in [7, 11) is 0. The van der Waals surface area contributed by atoms with Crippen LogP contribution in [0.3, 0.4) is 0 Å². The Bertz CT molecular complexity index is 328. The van der Waals surface area contributed by atoms with Crippen molar-refractivity contribution in [3.05, 3.63) is 5.89 Å². The lowest BCUT2D eigenvalue weighted by Crippen LogP contribution is -2.41. The first-order valence-electron chi connectivity index (χ1n) is 5.61. The summed E-state index contributed by atoms with van der Waals surface area (Å²) in [6.07, 6.45) is 4.28. The van der Waals surface area contributed by atoms with E-state index in [0.717, 1.165) is 25.8 Å². The van der Waals surface area contributed by atoms with Gasteiger partial charge in [0.1, 0.15) is 5.88 Å². The van der Waals surface area contributed by atoms with Crippen LogP contribution in [0.15, 0.2) is 4.42 Å². The van der Waals surface area contributed by atoms with Gasteiger partial charge in [-0.2, -0.15) is 0 Å². The molecule has 0 saturated heterocycles. The van der Waals surface area contributed by atoms with Gasteiger partial charge < -0.3 is 14.4 Å². The largest absolute Gasteiger partial charge is 0.407 e. The van der Waals surface area contributed by atoms with Crippen LogP contribution in [0, 0.1) is 0 Å². The molecular weight excluding hydrogens is 230 g/mol. The maximum atomic E-state index is 8.87. The van der Waals surface area contributed by atoms with Crippen molar-refractivity contribution in [3.8, 4) is 0 Å². The molecule has 0 amide bonds. The molecule has 2 rings (SSSR count). The zero-order chi connectivity index (χ0) is 11.4. The summed E-state index contributed by atoms with van der Waals surface area (Å²) in [6.45, 7) is 0.935. The van der Waals surface area contributed by atoms with E-state index in [0.29, 0.717) is 17.9 Å². The van der Waals surface area contributed by atoms with E-state index in [1.165, 1.54) is 6.42 Å². The summed E-state index contributed by atoms with van der Waals surface area (Å²) in [6, 6.07) is 1.02. The van der Waals surface area contributed by atoms with Crippen LogP contribution in [-0.2, 0) is 5.88 Å². The number of hydrogen-bond acceptors (Lipinski definition) is 5. The van der Waals surface area contributed by atoms with Gasteiger partial charge in [-0.3, -0.25) is 0 Å². The van der Waals surface area contributed by atoms with Crippen molar-refractivity contribution in [3.63, 3.8) is 0 Å². The molecule has 0 spiro atoms. The highest BCUT2D eigenvalue weighted by Gasteiger charge is 2.28. The SMILES string of the molecule is OCCCN(c1nnc(CCl)o1)C1CCC1. The molecule has 1 aromatic heterocycles. The number of hydrogen-bond donors (Lipinski definition) is 1. The highest BCUT2D eigenvalue weighted by atomic mass is 35.5. The van der Waals surface area contributed by atoms with Gasteiger partial charge in [-0.1, -0.05) is 5.10 Å². The second-order valence-corrected chi connectivity index (χ2v) is 4.23. The molecule has 1 aromatic rings. The molecule has 90 valence electrons. The Morgan fingerprint density at radius 3 is 2.75 bits per heavy atom. The molecule has 1 heterocycles. The molecule has 0 radical (unpaired) electrons. The molecular formula is C10H16ClN3O2. The molecule has 1 N–H and O–H groups in total. The van der Waals surface area contributed by atoms with Crippen LogP contribution >= 0.6 is 11.6 Å². The van der Waals surface area contributed by atoms with Gasteiger partial charge in [0.15, 0.2) is 0 Å². The second kappa shape index (κ2) is 5.50. The van der Waals surface area contributed by atoms with Crippen molar-refractivity contribution < 1.29 is 9.52 Å². The fraction of sp³-hybridized carbons (Fsp3) is 0.800. The molecule has 0 unspecified atom stereocenters. The van der Waals surface area contributed by atoms with E-state index in [1.807, 2.05) is 0 Å². The summed E-state index contributed by atoms with van der Waals surface area (Å²) in [4.78, 5) is 2.09. The monoisotopic (exact) mass is 245 g/mol. The molecule has 1 saturated carbocycles. The zero-order valence-corrected chi connectivity index (χ0v) is 9.86. The van der Waals surface area contributed by atoms with Crippen LogP contribution in [-0.4, -0.2) is 34.5 Å². The Labute approximate surface area is 99.4 Å². The van der Waals surface area contributed by atoms with E-state index in [4.69, 9.17) is 21.1 Å². The van der Waals surface area contributed by atoms with Gasteiger partial charge in [0.2, 0.25) is 5.89 Å². The predicted octanol–water partition coefficient (Wildman–Crippen LogP) is 1.55. The minimum atomic E-state index is 0.180. The van der Waals surface area contributed by atoms with Crippen molar-refractivity contribution in [2.45, 2.75) is 37.6 Å². The lowest BCUT2D eigenvalue weighted by atomic mass is 9.91. The minimum absolute atomic E-state index is 0.180. The molecule has 1 fully saturated rings. The van der Waals surface area contributed by atoms with Gasteiger partial charge in [0.25, 0.3) is 0 Å². The van der Waals surface area contributed by atoms with Crippen molar-refractivity contribution in [1.29, 1.82) is 0 Å². The molecule has 5 nitrogen and oxygen atoms in total. The standard InChI is InChI=1S/C10H16ClN3O2/c11-7-9-12-13-10(16-9)14(5-2-6-15)8-3-1-4-8/h8,15H,1-7H2. The summed E-state index contributed by atoms with van der Waals surface area (Å²) < 4.78 is 5.44. The Balaban J connectivity index is 2.04. The third kappa shape index (κ3) is 2.47. The van der Waals surface area contributed by atoms with Gasteiger partial charge in [0.05, 0.1) is 0 Å². The van der Waals surface area contributed by atoms with Crippen LogP contribution < -0.4 is 4.90 Å². The summed E-state index contributed by atoms with van der Waals surface area (Å²) in [5.74, 6) is 0.691. The average Bonchev–Trinajstić information content (AvgIpc) is 2.69. The molecule has 16 heavy (non-hydrogen) atoms. The maximum Gasteiger partial charge on any atom is 0.318 e. The van der Waals surface area contributed by atoms with Crippen molar-refractivity contribution in [1.82, 2.24) is 10.2 Å². The first-order valence-corrected chi connectivity index (χ1v) is 6.14. The number of rotatable bonds is 6. The van der Waals surface area contributed by atoms with Crippen molar-refractivity contribution in [2.24, 2.45) is 0 Å². The van der Waals surface area contributed by atoms with E-state index in [-0.39, 0.29) is 12.5 Å². The van der Waals surface area contributed by atoms with Crippen molar-refractivity contribution in [2.75, 3.05) is 18.1 Å². The lowest BCUT2D eigenvalue weighted by Gasteiger charge is -2.36. The predicted molar refractivity (Wildman–Crippen MR) is 60.5 cm³/mol. The number of alkyl halides is 1.